The van der Waals surface area contributed by atoms with Gasteiger partial charge in [-0.1, -0.05) is 18.2 Å². The molecule has 23 heavy (non-hydrogen) atoms. The molecule has 1 amide bonds. The molecule has 0 saturated carbocycles. The van der Waals surface area contributed by atoms with E-state index in [1.54, 1.807) is 19.1 Å². The smallest absolute Gasteiger partial charge is 0.335 e. The van der Waals surface area contributed by atoms with Gasteiger partial charge in [0.1, 0.15) is 5.82 Å². The summed E-state index contributed by atoms with van der Waals surface area (Å²) in [5, 5.41) is 2.71. The molecule has 0 aliphatic carbocycles. The maximum absolute atomic E-state index is 12.9. The summed E-state index contributed by atoms with van der Waals surface area (Å²) in [6.07, 6.45) is -0.220. The predicted octanol–water partition coefficient (Wildman–Crippen LogP) is 2.53. The molecule has 3 unspecified atom stereocenters. The van der Waals surface area contributed by atoms with Crippen LogP contribution < -0.4 is 5.32 Å². The number of amides is 1. The van der Waals surface area contributed by atoms with Crippen LogP contribution in [0.4, 0.5) is 4.39 Å². The summed E-state index contributed by atoms with van der Waals surface area (Å²) in [4.78, 5) is 23.8. The highest BCUT2D eigenvalue weighted by Gasteiger charge is 2.23. The van der Waals surface area contributed by atoms with Crippen molar-refractivity contribution in [3.63, 3.8) is 0 Å². The second kappa shape index (κ2) is 9.05. The number of halogens is 1. The van der Waals surface area contributed by atoms with Crippen LogP contribution in [0.5, 0.6) is 0 Å². The lowest BCUT2D eigenvalue weighted by Gasteiger charge is -2.19. The quantitative estimate of drug-likeness (QED) is 0.590. The lowest BCUT2D eigenvalue weighted by Crippen LogP contribution is -2.39. The fourth-order valence-corrected chi connectivity index (χ4v) is 1.77. The average molecular weight is 323 g/mol. The molecule has 5 nitrogen and oxygen atoms in total. The Balaban J connectivity index is 2.51. The zero-order chi connectivity index (χ0) is 17.4. The molecule has 0 aliphatic rings. The summed E-state index contributed by atoms with van der Waals surface area (Å²) in [6.45, 7) is 8.48. The number of carbonyl (C=O) groups excluding carboxylic acids is 2. The van der Waals surface area contributed by atoms with Crippen molar-refractivity contribution in [2.45, 2.75) is 39.0 Å². The number of carbonyl (C=O) groups is 2. The Morgan fingerprint density at radius 2 is 1.83 bits per heavy atom. The van der Waals surface area contributed by atoms with Crippen molar-refractivity contribution in [1.29, 1.82) is 0 Å². The van der Waals surface area contributed by atoms with Gasteiger partial charge in [0.15, 0.2) is 12.2 Å². The summed E-state index contributed by atoms with van der Waals surface area (Å²) >= 11 is 0. The molecule has 1 aromatic carbocycles. The Labute approximate surface area is 135 Å². The third-order valence-electron chi connectivity index (χ3n) is 3.19. The van der Waals surface area contributed by atoms with Gasteiger partial charge in [0, 0.05) is 0 Å². The Morgan fingerprint density at radius 3 is 2.39 bits per heavy atom. The number of rotatable bonds is 8. The van der Waals surface area contributed by atoms with E-state index < -0.39 is 24.1 Å². The van der Waals surface area contributed by atoms with E-state index in [-0.39, 0.29) is 18.5 Å². The zero-order valence-corrected chi connectivity index (χ0v) is 13.5. The molecule has 1 N–H and O–H groups in total. The van der Waals surface area contributed by atoms with E-state index in [4.69, 9.17) is 9.47 Å². The zero-order valence-electron chi connectivity index (χ0n) is 13.5. The minimum absolute atomic E-state index is 0.221. The Hall–Kier alpha value is -2.21. The predicted molar refractivity (Wildman–Crippen MR) is 84.1 cm³/mol. The van der Waals surface area contributed by atoms with E-state index in [1.807, 2.05) is 0 Å². The van der Waals surface area contributed by atoms with Crippen molar-refractivity contribution in [2.24, 2.45) is 0 Å². The summed E-state index contributed by atoms with van der Waals surface area (Å²) in [5.41, 5.74) is 0.751. The second-order valence-corrected chi connectivity index (χ2v) is 5.13. The first-order valence-corrected chi connectivity index (χ1v) is 7.34. The summed E-state index contributed by atoms with van der Waals surface area (Å²) in [7, 11) is 0. The summed E-state index contributed by atoms with van der Waals surface area (Å²) in [5.74, 6) is -1.40. The van der Waals surface area contributed by atoms with Crippen LogP contribution in [0.25, 0.3) is 0 Å². The van der Waals surface area contributed by atoms with Crippen LogP contribution in [0.2, 0.25) is 0 Å². The number of nitrogens with one attached hydrogen (secondary N) is 1. The molecule has 0 fully saturated rings. The molecule has 0 heterocycles. The molecule has 126 valence electrons. The van der Waals surface area contributed by atoms with Gasteiger partial charge in [-0.3, -0.25) is 4.79 Å². The molecule has 0 spiro atoms. The van der Waals surface area contributed by atoms with Crippen LogP contribution in [0.15, 0.2) is 36.9 Å². The molecule has 3 atom stereocenters. The third-order valence-corrected chi connectivity index (χ3v) is 3.19. The topological polar surface area (TPSA) is 64.6 Å². The Kier molecular flexibility index (Phi) is 7.41. The molecule has 0 aromatic heterocycles. The number of benzene rings is 1. The number of esters is 1. The molecule has 1 rings (SSSR count). The lowest BCUT2D eigenvalue weighted by molar-refractivity contribution is -0.164. The number of hydrogen-bond donors (Lipinski definition) is 1. The highest BCUT2D eigenvalue weighted by atomic mass is 19.1. The van der Waals surface area contributed by atoms with Crippen LogP contribution in [-0.2, 0) is 19.1 Å². The van der Waals surface area contributed by atoms with E-state index >= 15 is 0 Å². The normalized spacial score (nSPS) is 14.4. The van der Waals surface area contributed by atoms with Gasteiger partial charge in [0.25, 0.3) is 5.91 Å². The molecule has 1 aromatic rings. The standard InChI is InChI=1S/C17H22FNO4/c1-5-10-22-13(4)17(21)23-12(3)16(20)19-11(2)14-6-8-15(18)9-7-14/h5-9,11-13H,1,10H2,2-4H3,(H,19,20). The largest absolute Gasteiger partial charge is 0.451 e. The second-order valence-electron chi connectivity index (χ2n) is 5.13. The van der Waals surface area contributed by atoms with Crippen LogP contribution in [0.1, 0.15) is 32.4 Å². The van der Waals surface area contributed by atoms with Crippen molar-refractivity contribution < 1.29 is 23.5 Å². The van der Waals surface area contributed by atoms with Crippen molar-refractivity contribution in [1.82, 2.24) is 5.32 Å². The van der Waals surface area contributed by atoms with Crippen molar-refractivity contribution in [3.8, 4) is 0 Å². The molecular formula is C17H22FNO4. The lowest BCUT2D eigenvalue weighted by atomic mass is 10.1. The van der Waals surface area contributed by atoms with Crippen LogP contribution in [-0.4, -0.2) is 30.7 Å². The molecule has 0 saturated heterocycles. The van der Waals surface area contributed by atoms with Gasteiger partial charge in [-0.25, -0.2) is 9.18 Å². The number of hydrogen-bond acceptors (Lipinski definition) is 4. The van der Waals surface area contributed by atoms with Gasteiger partial charge in [0.05, 0.1) is 12.6 Å². The maximum Gasteiger partial charge on any atom is 0.335 e. The Morgan fingerprint density at radius 1 is 1.22 bits per heavy atom. The monoisotopic (exact) mass is 323 g/mol. The minimum Gasteiger partial charge on any atom is -0.451 e. The van der Waals surface area contributed by atoms with Crippen molar-refractivity contribution in [2.75, 3.05) is 6.61 Å². The Bertz CT molecular complexity index is 544. The third kappa shape index (κ3) is 6.20. The van der Waals surface area contributed by atoms with Crippen molar-refractivity contribution >= 4 is 11.9 Å². The first-order chi connectivity index (χ1) is 10.8. The molecule has 0 radical (unpaired) electrons. The fraction of sp³-hybridized carbons (Fsp3) is 0.412. The molecule has 0 aliphatic heterocycles. The average Bonchev–Trinajstić information content (AvgIpc) is 2.52. The molecule has 6 heteroatoms. The SMILES string of the molecule is C=CCOC(C)C(=O)OC(C)C(=O)NC(C)c1ccc(F)cc1. The van der Waals surface area contributed by atoms with Gasteiger partial charge < -0.3 is 14.8 Å². The molecular weight excluding hydrogens is 301 g/mol. The van der Waals surface area contributed by atoms with E-state index in [0.717, 1.165) is 5.56 Å². The summed E-state index contributed by atoms with van der Waals surface area (Å²) in [6, 6.07) is 5.48. The van der Waals surface area contributed by atoms with E-state index in [0.29, 0.717) is 0 Å². The van der Waals surface area contributed by atoms with Crippen LogP contribution in [0.3, 0.4) is 0 Å². The fourth-order valence-electron chi connectivity index (χ4n) is 1.77. The van der Waals surface area contributed by atoms with E-state index in [2.05, 4.69) is 11.9 Å². The highest BCUT2D eigenvalue weighted by Crippen LogP contribution is 2.13. The van der Waals surface area contributed by atoms with Gasteiger partial charge in [-0.2, -0.15) is 0 Å². The van der Waals surface area contributed by atoms with Gasteiger partial charge >= 0.3 is 5.97 Å². The van der Waals surface area contributed by atoms with Crippen LogP contribution >= 0.6 is 0 Å². The molecule has 0 bridgehead atoms. The van der Waals surface area contributed by atoms with Crippen LogP contribution in [0, 0.1) is 5.82 Å². The van der Waals surface area contributed by atoms with Gasteiger partial charge in [-0.15, -0.1) is 6.58 Å². The minimum atomic E-state index is -0.958. The van der Waals surface area contributed by atoms with E-state index in [1.165, 1.54) is 32.1 Å². The van der Waals surface area contributed by atoms with Gasteiger partial charge in [-0.05, 0) is 38.5 Å². The van der Waals surface area contributed by atoms with Gasteiger partial charge in [0.2, 0.25) is 0 Å². The summed E-state index contributed by atoms with van der Waals surface area (Å²) < 4.78 is 23.1. The first kappa shape index (κ1) is 18.8. The maximum atomic E-state index is 12.9. The number of ether oxygens (including phenoxy) is 2. The van der Waals surface area contributed by atoms with Crippen molar-refractivity contribution in [3.05, 3.63) is 48.3 Å². The first-order valence-electron chi connectivity index (χ1n) is 7.34. The van der Waals surface area contributed by atoms with E-state index in [9.17, 15) is 14.0 Å². The highest BCUT2D eigenvalue weighted by molar-refractivity contribution is 5.84.